The summed E-state index contributed by atoms with van der Waals surface area (Å²) in [5.74, 6) is 0.191. The highest BCUT2D eigenvalue weighted by atomic mass is 35.5. The molecular formula is C29H31ClFN3O3. The minimum atomic E-state index is -1.00. The van der Waals surface area contributed by atoms with Crippen LogP contribution in [0.5, 0.6) is 11.5 Å². The first kappa shape index (κ1) is 26.6. The van der Waals surface area contributed by atoms with Gasteiger partial charge in [-0.3, -0.25) is 14.5 Å². The molecular weight excluding hydrogens is 493 g/mol. The van der Waals surface area contributed by atoms with Gasteiger partial charge in [-0.15, -0.1) is 11.6 Å². The van der Waals surface area contributed by atoms with Gasteiger partial charge in [0.15, 0.2) is 0 Å². The van der Waals surface area contributed by atoms with Crippen molar-refractivity contribution in [3.05, 3.63) is 90.2 Å². The first-order chi connectivity index (χ1) is 17.9. The van der Waals surface area contributed by atoms with Crippen LogP contribution in [0.25, 0.3) is 0 Å². The average Bonchev–Trinajstić information content (AvgIpc) is 2.93. The van der Waals surface area contributed by atoms with E-state index in [9.17, 15) is 14.0 Å². The maximum atomic E-state index is 14.0. The fourth-order valence-corrected chi connectivity index (χ4v) is 4.57. The Morgan fingerprint density at radius 2 is 1.68 bits per heavy atom. The summed E-state index contributed by atoms with van der Waals surface area (Å²) in [5, 5.41) is 3.45. The SMILES string of the molecule is CC(C)[C@H]1CN(C(=O)[C@H](c2ccc(F)cc2)N(C(=O)CCl)c2ccc(Oc3ccccc3)cc2)CCN1. The highest BCUT2D eigenvalue weighted by Crippen LogP contribution is 2.32. The van der Waals surface area contributed by atoms with Crippen LogP contribution in [0.3, 0.4) is 0 Å². The van der Waals surface area contributed by atoms with Crippen molar-refractivity contribution in [3.8, 4) is 11.5 Å². The molecule has 0 saturated carbocycles. The summed E-state index contributed by atoms with van der Waals surface area (Å²) in [6, 6.07) is 21.1. The number of benzene rings is 3. The van der Waals surface area contributed by atoms with Gasteiger partial charge in [-0.05, 0) is 60.0 Å². The number of anilines is 1. The summed E-state index contributed by atoms with van der Waals surface area (Å²) in [7, 11) is 0. The molecule has 6 nitrogen and oxygen atoms in total. The number of hydrogen-bond acceptors (Lipinski definition) is 4. The Labute approximate surface area is 222 Å². The van der Waals surface area contributed by atoms with Gasteiger partial charge in [-0.2, -0.15) is 0 Å². The lowest BCUT2D eigenvalue weighted by Crippen LogP contribution is -2.57. The van der Waals surface area contributed by atoms with Gasteiger partial charge in [-0.25, -0.2) is 4.39 Å². The summed E-state index contributed by atoms with van der Waals surface area (Å²) in [4.78, 5) is 30.5. The van der Waals surface area contributed by atoms with E-state index in [2.05, 4.69) is 19.2 Å². The van der Waals surface area contributed by atoms with Gasteiger partial charge < -0.3 is 15.0 Å². The van der Waals surface area contributed by atoms with Crippen molar-refractivity contribution in [3.63, 3.8) is 0 Å². The molecule has 0 unspecified atom stereocenters. The predicted molar refractivity (Wildman–Crippen MR) is 144 cm³/mol. The first-order valence-electron chi connectivity index (χ1n) is 12.4. The fourth-order valence-electron chi connectivity index (χ4n) is 4.45. The molecule has 3 aromatic carbocycles. The Kier molecular flexibility index (Phi) is 8.79. The molecule has 37 heavy (non-hydrogen) atoms. The molecule has 2 amide bonds. The highest BCUT2D eigenvalue weighted by Gasteiger charge is 2.37. The van der Waals surface area contributed by atoms with Gasteiger partial charge in [0, 0.05) is 31.4 Å². The molecule has 3 aromatic rings. The lowest BCUT2D eigenvalue weighted by Gasteiger charge is -2.40. The molecule has 1 fully saturated rings. The average molecular weight is 524 g/mol. The summed E-state index contributed by atoms with van der Waals surface area (Å²) in [6.45, 7) is 5.88. The third-order valence-electron chi connectivity index (χ3n) is 6.48. The number of ether oxygens (including phenoxy) is 1. The number of nitrogens with zero attached hydrogens (tertiary/aromatic N) is 2. The molecule has 1 saturated heterocycles. The number of hydrogen-bond donors (Lipinski definition) is 1. The number of amides is 2. The van der Waals surface area contributed by atoms with Crippen LogP contribution >= 0.6 is 11.6 Å². The molecule has 0 aliphatic carbocycles. The summed E-state index contributed by atoms with van der Waals surface area (Å²) in [6.07, 6.45) is 0. The van der Waals surface area contributed by atoms with E-state index in [1.807, 2.05) is 30.3 Å². The number of nitrogens with one attached hydrogen (secondary N) is 1. The van der Waals surface area contributed by atoms with E-state index in [0.717, 1.165) is 0 Å². The van der Waals surface area contributed by atoms with E-state index in [-0.39, 0.29) is 17.8 Å². The van der Waals surface area contributed by atoms with Crippen LogP contribution in [0.4, 0.5) is 10.1 Å². The van der Waals surface area contributed by atoms with Gasteiger partial charge in [0.25, 0.3) is 5.91 Å². The molecule has 4 rings (SSSR count). The molecule has 1 aliphatic rings. The lowest BCUT2D eigenvalue weighted by atomic mass is 9.98. The van der Waals surface area contributed by atoms with Crippen LogP contribution in [-0.4, -0.2) is 48.3 Å². The van der Waals surface area contributed by atoms with E-state index in [4.69, 9.17) is 16.3 Å². The summed E-state index contributed by atoms with van der Waals surface area (Å²) >= 11 is 6.04. The second kappa shape index (κ2) is 12.2. The summed E-state index contributed by atoms with van der Waals surface area (Å²) in [5.41, 5.74) is 0.999. The van der Waals surface area contributed by atoms with Gasteiger partial charge in [-0.1, -0.05) is 44.2 Å². The first-order valence-corrected chi connectivity index (χ1v) is 12.9. The zero-order valence-electron chi connectivity index (χ0n) is 20.9. The Morgan fingerprint density at radius 1 is 1.03 bits per heavy atom. The van der Waals surface area contributed by atoms with E-state index in [0.29, 0.717) is 48.3 Å². The molecule has 194 valence electrons. The van der Waals surface area contributed by atoms with Crippen LogP contribution in [-0.2, 0) is 9.59 Å². The van der Waals surface area contributed by atoms with E-state index in [1.165, 1.54) is 17.0 Å². The molecule has 0 spiro atoms. The van der Waals surface area contributed by atoms with Crippen molar-refractivity contribution in [2.45, 2.75) is 25.9 Å². The monoisotopic (exact) mass is 523 g/mol. The van der Waals surface area contributed by atoms with Gasteiger partial charge in [0.1, 0.15) is 29.2 Å². The number of carbonyl (C=O) groups is 2. The van der Waals surface area contributed by atoms with Crippen LogP contribution in [0.15, 0.2) is 78.9 Å². The number of piperazine rings is 1. The molecule has 1 aliphatic heterocycles. The smallest absolute Gasteiger partial charge is 0.250 e. The third-order valence-corrected chi connectivity index (χ3v) is 6.71. The van der Waals surface area contributed by atoms with Crippen LogP contribution < -0.4 is 15.0 Å². The van der Waals surface area contributed by atoms with Crippen molar-refractivity contribution in [2.24, 2.45) is 5.92 Å². The van der Waals surface area contributed by atoms with Crippen molar-refractivity contribution in [1.82, 2.24) is 10.2 Å². The quantitative estimate of drug-likeness (QED) is 0.402. The highest BCUT2D eigenvalue weighted by molar-refractivity contribution is 6.29. The number of halogens is 2. The van der Waals surface area contributed by atoms with Gasteiger partial charge in [0.05, 0.1) is 0 Å². The number of para-hydroxylation sites is 1. The van der Waals surface area contributed by atoms with Crippen molar-refractivity contribution in [2.75, 3.05) is 30.4 Å². The van der Waals surface area contributed by atoms with E-state index >= 15 is 0 Å². The fraction of sp³-hybridized carbons (Fsp3) is 0.310. The molecule has 0 aromatic heterocycles. The summed E-state index contributed by atoms with van der Waals surface area (Å²) < 4.78 is 19.7. The molecule has 2 atom stereocenters. The standard InChI is InChI=1S/C29H31ClFN3O3/c1-20(2)26-19-33(17-16-32-26)29(36)28(21-8-10-22(31)11-9-21)34(27(35)18-30)23-12-14-25(15-13-23)37-24-6-4-3-5-7-24/h3-15,20,26,28,32H,16-19H2,1-2H3/t26-,28+/m1/s1. The zero-order valence-corrected chi connectivity index (χ0v) is 21.7. The van der Waals surface area contributed by atoms with Crippen molar-refractivity contribution >= 4 is 29.1 Å². The van der Waals surface area contributed by atoms with Gasteiger partial charge in [0.2, 0.25) is 5.91 Å². The maximum absolute atomic E-state index is 14.0. The Morgan fingerprint density at radius 3 is 2.30 bits per heavy atom. The Bertz CT molecular complexity index is 1190. The van der Waals surface area contributed by atoms with Crippen LogP contribution in [0, 0.1) is 11.7 Å². The number of carbonyl (C=O) groups excluding carboxylic acids is 2. The normalized spacial score (nSPS) is 16.4. The Balaban J connectivity index is 1.70. The number of rotatable bonds is 8. The zero-order chi connectivity index (χ0) is 26.4. The molecule has 1 heterocycles. The number of alkyl halides is 1. The van der Waals surface area contributed by atoms with Crippen LogP contribution in [0.1, 0.15) is 25.5 Å². The van der Waals surface area contributed by atoms with Crippen molar-refractivity contribution < 1.29 is 18.7 Å². The second-order valence-corrected chi connectivity index (χ2v) is 9.62. The lowest BCUT2D eigenvalue weighted by molar-refractivity contribution is -0.135. The topological polar surface area (TPSA) is 61.9 Å². The largest absolute Gasteiger partial charge is 0.457 e. The van der Waals surface area contributed by atoms with Crippen molar-refractivity contribution in [1.29, 1.82) is 0 Å². The molecule has 0 radical (unpaired) electrons. The molecule has 0 bridgehead atoms. The van der Waals surface area contributed by atoms with Gasteiger partial charge >= 0.3 is 0 Å². The minimum absolute atomic E-state index is 0.137. The second-order valence-electron chi connectivity index (χ2n) is 9.35. The Hall–Kier alpha value is -3.42. The molecule has 8 heteroatoms. The van der Waals surface area contributed by atoms with Crippen LogP contribution in [0.2, 0.25) is 0 Å². The minimum Gasteiger partial charge on any atom is -0.457 e. The third kappa shape index (κ3) is 6.48. The van der Waals surface area contributed by atoms with E-state index < -0.39 is 17.8 Å². The predicted octanol–water partition coefficient (Wildman–Crippen LogP) is 5.39. The maximum Gasteiger partial charge on any atom is 0.250 e. The van der Waals surface area contributed by atoms with E-state index in [1.54, 1.807) is 41.3 Å². The molecule has 1 N–H and O–H groups in total.